The third-order valence-electron chi connectivity index (χ3n) is 2.29. The van der Waals surface area contributed by atoms with Gasteiger partial charge in [0.15, 0.2) is 0 Å². The van der Waals surface area contributed by atoms with Gasteiger partial charge >= 0.3 is 0 Å². The van der Waals surface area contributed by atoms with Crippen molar-refractivity contribution in [2.75, 3.05) is 6.54 Å². The number of pyridine rings is 1. The summed E-state index contributed by atoms with van der Waals surface area (Å²) in [5, 5.41) is 5.20. The number of amides is 2. The lowest BCUT2D eigenvalue weighted by molar-refractivity contribution is -0.121. The highest BCUT2D eigenvalue weighted by Crippen LogP contribution is 1.98. The number of rotatable bonds is 3. The van der Waals surface area contributed by atoms with Crippen LogP contribution in [-0.2, 0) is 11.8 Å². The molecule has 0 aliphatic carbocycles. The zero-order valence-electron chi connectivity index (χ0n) is 11.6. The minimum atomic E-state index is -0.443. The van der Waals surface area contributed by atoms with Crippen LogP contribution in [0.2, 0.25) is 0 Å². The van der Waals surface area contributed by atoms with Crippen LogP contribution in [0.25, 0.3) is 0 Å². The quantitative estimate of drug-likeness (QED) is 0.809. The van der Waals surface area contributed by atoms with E-state index >= 15 is 0 Å². The summed E-state index contributed by atoms with van der Waals surface area (Å²) in [5.74, 6) is -0.716. The molecule has 0 aromatic carbocycles. The van der Waals surface area contributed by atoms with Crippen LogP contribution in [0.4, 0.5) is 0 Å². The van der Waals surface area contributed by atoms with Gasteiger partial charge in [-0.2, -0.15) is 0 Å². The number of nitrogens with one attached hydrogen (secondary N) is 2. The number of nitrogens with zero attached hydrogens (tertiary/aromatic N) is 1. The summed E-state index contributed by atoms with van der Waals surface area (Å²) >= 11 is 0. The molecule has 1 rings (SSSR count). The summed E-state index contributed by atoms with van der Waals surface area (Å²) in [6.07, 6.45) is 1.51. The lowest BCUT2D eigenvalue weighted by atomic mass is 10.1. The van der Waals surface area contributed by atoms with E-state index in [1.54, 1.807) is 7.05 Å². The standard InChI is InChI=1S/C13H19N3O3/c1-13(2,3)15-10(17)8-14-12(19)9-5-6-16(4)11(18)7-9/h5-7H,8H2,1-4H3,(H,14,19)(H,15,17). The Morgan fingerprint density at radius 1 is 1.32 bits per heavy atom. The summed E-state index contributed by atoms with van der Waals surface area (Å²) in [7, 11) is 1.60. The van der Waals surface area contributed by atoms with Crippen LogP contribution in [0, 0.1) is 0 Å². The fourth-order valence-corrected chi connectivity index (χ4v) is 1.41. The van der Waals surface area contributed by atoms with E-state index in [1.807, 2.05) is 20.8 Å². The van der Waals surface area contributed by atoms with Gasteiger partial charge in [0.05, 0.1) is 6.54 Å². The topological polar surface area (TPSA) is 80.2 Å². The van der Waals surface area contributed by atoms with Crippen LogP contribution in [0.5, 0.6) is 0 Å². The molecule has 0 unspecified atom stereocenters. The number of hydrogen-bond acceptors (Lipinski definition) is 3. The molecule has 6 nitrogen and oxygen atoms in total. The maximum absolute atomic E-state index is 11.7. The fourth-order valence-electron chi connectivity index (χ4n) is 1.41. The second-order valence-electron chi connectivity index (χ2n) is 5.35. The van der Waals surface area contributed by atoms with Gasteiger partial charge in [-0.1, -0.05) is 0 Å². The first-order chi connectivity index (χ1) is 8.69. The van der Waals surface area contributed by atoms with Crippen molar-refractivity contribution in [1.82, 2.24) is 15.2 Å². The zero-order chi connectivity index (χ0) is 14.6. The van der Waals surface area contributed by atoms with Crippen molar-refractivity contribution < 1.29 is 9.59 Å². The van der Waals surface area contributed by atoms with E-state index in [0.717, 1.165) is 0 Å². The van der Waals surface area contributed by atoms with E-state index in [9.17, 15) is 14.4 Å². The number of aryl methyl sites for hydroxylation is 1. The molecule has 2 amide bonds. The van der Waals surface area contributed by atoms with E-state index in [4.69, 9.17) is 0 Å². The van der Waals surface area contributed by atoms with Gasteiger partial charge < -0.3 is 15.2 Å². The average Bonchev–Trinajstić information content (AvgIpc) is 2.27. The summed E-state index contributed by atoms with van der Waals surface area (Å²) in [5.41, 5.74) is -0.372. The zero-order valence-corrected chi connectivity index (χ0v) is 11.6. The Labute approximate surface area is 111 Å². The molecule has 19 heavy (non-hydrogen) atoms. The van der Waals surface area contributed by atoms with E-state index in [2.05, 4.69) is 10.6 Å². The molecular weight excluding hydrogens is 246 g/mol. The summed E-state index contributed by atoms with van der Waals surface area (Å²) in [6.45, 7) is 5.44. The molecule has 0 fully saturated rings. The smallest absolute Gasteiger partial charge is 0.251 e. The molecule has 1 heterocycles. The minimum Gasteiger partial charge on any atom is -0.350 e. The van der Waals surface area contributed by atoms with Crippen LogP contribution in [-0.4, -0.2) is 28.5 Å². The molecule has 0 saturated heterocycles. The van der Waals surface area contributed by atoms with Crippen LogP contribution in [0.15, 0.2) is 23.1 Å². The normalized spacial score (nSPS) is 10.9. The maximum atomic E-state index is 11.7. The van der Waals surface area contributed by atoms with Crippen molar-refractivity contribution in [1.29, 1.82) is 0 Å². The minimum absolute atomic E-state index is 0.120. The number of carbonyl (C=O) groups excluding carboxylic acids is 2. The van der Waals surface area contributed by atoms with Gasteiger partial charge in [-0.05, 0) is 26.8 Å². The fraction of sp³-hybridized carbons (Fsp3) is 0.462. The number of hydrogen-bond donors (Lipinski definition) is 2. The van der Waals surface area contributed by atoms with Crippen molar-refractivity contribution in [3.8, 4) is 0 Å². The SMILES string of the molecule is Cn1ccc(C(=O)NCC(=O)NC(C)(C)C)cc1=O. The largest absolute Gasteiger partial charge is 0.350 e. The highest BCUT2D eigenvalue weighted by molar-refractivity contribution is 5.96. The Bertz CT molecular complexity index is 541. The Hall–Kier alpha value is -2.11. The predicted molar refractivity (Wildman–Crippen MR) is 71.9 cm³/mol. The van der Waals surface area contributed by atoms with Gasteiger partial charge in [0.2, 0.25) is 5.91 Å². The van der Waals surface area contributed by atoms with Gasteiger partial charge in [-0.25, -0.2) is 0 Å². The number of carbonyl (C=O) groups is 2. The molecule has 0 radical (unpaired) electrons. The van der Waals surface area contributed by atoms with Crippen LogP contribution >= 0.6 is 0 Å². The van der Waals surface area contributed by atoms with Gasteiger partial charge in [0.25, 0.3) is 11.5 Å². The molecule has 2 N–H and O–H groups in total. The summed E-state index contributed by atoms with van der Waals surface area (Å²) < 4.78 is 1.36. The van der Waals surface area contributed by atoms with Crippen LogP contribution in [0.1, 0.15) is 31.1 Å². The Morgan fingerprint density at radius 2 is 1.95 bits per heavy atom. The Kier molecular flexibility index (Phi) is 4.47. The molecule has 0 atom stereocenters. The summed E-state index contributed by atoms with van der Waals surface area (Å²) in [6, 6.07) is 2.76. The van der Waals surface area contributed by atoms with Crippen molar-refractivity contribution in [3.05, 3.63) is 34.2 Å². The lowest BCUT2D eigenvalue weighted by Gasteiger charge is -2.20. The van der Waals surface area contributed by atoms with Crippen LogP contribution < -0.4 is 16.2 Å². The van der Waals surface area contributed by atoms with Crippen molar-refractivity contribution in [2.45, 2.75) is 26.3 Å². The highest BCUT2D eigenvalue weighted by Gasteiger charge is 2.14. The third kappa shape index (κ3) is 4.95. The third-order valence-corrected chi connectivity index (χ3v) is 2.29. The molecule has 1 aromatic heterocycles. The first-order valence-corrected chi connectivity index (χ1v) is 5.95. The van der Waals surface area contributed by atoms with Gasteiger partial charge in [-0.3, -0.25) is 14.4 Å². The Balaban J connectivity index is 2.58. The first-order valence-electron chi connectivity index (χ1n) is 5.95. The lowest BCUT2D eigenvalue weighted by Crippen LogP contribution is -2.45. The molecule has 104 valence electrons. The maximum Gasteiger partial charge on any atom is 0.251 e. The van der Waals surface area contributed by atoms with Gasteiger partial charge in [-0.15, -0.1) is 0 Å². The second-order valence-corrected chi connectivity index (χ2v) is 5.35. The molecule has 0 saturated carbocycles. The van der Waals surface area contributed by atoms with Crippen molar-refractivity contribution >= 4 is 11.8 Å². The molecule has 6 heteroatoms. The molecule has 1 aromatic rings. The second kappa shape index (κ2) is 5.69. The monoisotopic (exact) mass is 265 g/mol. The highest BCUT2D eigenvalue weighted by atomic mass is 16.2. The molecular formula is C13H19N3O3. The molecule has 0 aliphatic heterocycles. The molecule has 0 bridgehead atoms. The summed E-state index contributed by atoms with van der Waals surface area (Å²) in [4.78, 5) is 34.6. The van der Waals surface area contributed by atoms with Crippen molar-refractivity contribution in [2.24, 2.45) is 7.05 Å². The predicted octanol–water partition coefficient (Wildman–Crippen LogP) is 0.0298. The van der Waals surface area contributed by atoms with Crippen LogP contribution in [0.3, 0.4) is 0 Å². The molecule has 0 aliphatic rings. The Morgan fingerprint density at radius 3 is 2.47 bits per heavy atom. The van der Waals surface area contributed by atoms with Crippen molar-refractivity contribution in [3.63, 3.8) is 0 Å². The van der Waals surface area contributed by atoms with E-state index in [0.29, 0.717) is 0 Å². The average molecular weight is 265 g/mol. The van der Waals surface area contributed by atoms with Gasteiger partial charge in [0, 0.05) is 30.4 Å². The van der Waals surface area contributed by atoms with Gasteiger partial charge in [0.1, 0.15) is 0 Å². The van der Waals surface area contributed by atoms with E-state index in [1.165, 1.54) is 22.9 Å². The van der Waals surface area contributed by atoms with E-state index in [-0.39, 0.29) is 29.1 Å². The van der Waals surface area contributed by atoms with E-state index < -0.39 is 5.91 Å². The first kappa shape index (κ1) is 14.9. The molecule has 0 spiro atoms. The number of aromatic nitrogens is 1.